The van der Waals surface area contributed by atoms with Gasteiger partial charge >= 0.3 is 5.97 Å². The Morgan fingerprint density at radius 3 is 2.62 bits per heavy atom. The number of nitrogens with one attached hydrogen (secondary N) is 3. The minimum Gasteiger partial charge on any atom is -0.465 e. The molecule has 0 bridgehead atoms. The van der Waals surface area contributed by atoms with E-state index < -0.39 is 11.8 Å². The fraction of sp³-hybridized carbons (Fsp3) is 0.280. The third kappa shape index (κ3) is 4.23. The van der Waals surface area contributed by atoms with Crippen LogP contribution >= 0.6 is 0 Å². The van der Waals surface area contributed by atoms with E-state index in [9.17, 15) is 4.79 Å². The lowest BCUT2D eigenvalue weighted by molar-refractivity contribution is 0.0601. The second kappa shape index (κ2) is 8.85. The van der Waals surface area contributed by atoms with Crippen molar-refractivity contribution in [3.8, 4) is 0 Å². The van der Waals surface area contributed by atoms with Gasteiger partial charge in [0, 0.05) is 49.3 Å². The summed E-state index contributed by atoms with van der Waals surface area (Å²) in [6.07, 6.45) is 1.84. The smallest absolute Gasteiger partial charge is 0.337 e. The van der Waals surface area contributed by atoms with E-state index >= 15 is 0 Å². The highest BCUT2D eigenvalue weighted by molar-refractivity contribution is 6.12. The zero-order valence-corrected chi connectivity index (χ0v) is 19.3. The van der Waals surface area contributed by atoms with E-state index in [4.69, 9.17) is 15.5 Å². The van der Waals surface area contributed by atoms with Gasteiger partial charge in [-0.15, -0.1) is 0 Å². The molecule has 0 amide bonds. The normalized spacial score (nSPS) is 20.2. The molecule has 9 heteroatoms. The maximum atomic E-state index is 11.9. The van der Waals surface area contributed by atoms with E-state index in [1.54, 1.807) is 18.2 Å². The van der Waals surface area contributed by atoms with Crippen molar-refractivity contribution in [2.24, 2.45) is 10.7 Å². The number of hydrogen-bond donors (Lipinski definition) is 4. The SMILES string of the molecule is COC(=O)c1cccc(NC2=NC(N)(c3ccc(N4CCN(C)CC4)cc3)Nc3cc[nH]c32)c1. The summed E-state index contributed by atoms with van der Waals surface area (Å²) in [4.78, 5) is 24.7. The Kier molecular flexibility index (Phi) is 5.72. The molecular formula is C25H29N7O2. The summed E-state index contributed by atoms with van der Waals surface area (Å²) >= 11 is 0. The second-order valence-electron chi connectivity index (χ2n) is 8.65. The lowest BCUT2D eigenvalue weighted by atomic mass is 10.0. The molecule has 176 valence electrons. The van der Waals surface area contributed by atoms with Crippen LogP contribution in [0, 0.1) is 0 Å². The highest BCUT2D eigenvalue weighted by Gasteiger charge is 2.34. The number of amidine groups is 1. The molecule has 2 aliphatic rings. The van der Waals surface area contributed by atoms with Gasteiger partial charge in [0.15, 0.2) is 5.84 Å². The van der Waals surface area contributed by atoms with E-state index in [2.05, 4.69) is 44.6 Å². The van der Waals surface area contributed by atoms with Crippen molar-refractivity contribution < 1.29 is 9.53 Å². The van der Waals surface area contributed by atoms with Gasteiger partial charge in [-0.2, -0.15) is 0 Å². The summed E-state index contributed by atoms with van der Waals surface area (Å²) in [5, 5.41) is 6.67. The van der Waals surface area contributed by atoms with Crippen molar-refractivity contribution in [3.63, 3.8) is 0 Å². The van der Waals surface area contributed by atoms with Gasteiger partial charge in [0.2, 0.25) is 5.79 Å². The maximum absolute atomic E-state index is 11.9. The highest BCUT2D eigenvalue weighted by Crippen LogP contribution is 2.32. The number of methoxy groups -OCH3 is 1. The number of nitrogens with zero attached hydrogens (tertiary/aromatic N) is 3. The molecule has 0 saturated carbocycles. The Hall–Kier alpha value is -3.82. The summed E-state index contributed by atoms with van der Waals surface area (Å²) in [5.41, 5.74) is 11.6. The van der Waals surface area contributed by atoms with Crippen molar-refractivity contribution in [3.05, 3.63) is 77.6 Å². The van der Waals surface area contributed by atoms with Crippen molar-refractivity contribution in [2.75, 3.05) is 55.9 Å². The quantitative estimate of drug-likeness (QED) is 0.444. The number of rotatable bonds is 4. The molecule has 1 aromatic heterocycles. The fourth-order valence-corrected chi connectivity index (χ4v) is 4.33. The number of aliphatic imine (C=N–C) groups is 1. The average molecular weight is 460 g/mol. The first-order valence-corrected chi connectivity index (χ1v) is 11.3. The number of carbonyl (C=O) groups excluding carboxylic acids is 1. The molecular weight excluding hydrogens is 430 g/mol. The predicted molar refractivity (Wildman–Crippen MR) is 134 cm³/mol. The van der Waals surface area contributed by atoms with E-state index in [0.717, 1.165) is 43.1 Å². The molecule has 5 N–H and O–H groups in total. The summed E-state index contributed by atoms with van der Waals surface area (Å²) < 4.78 is 4.84. The topological polar surface area (TPSA) is 111 Å². The lowest BCUT2D eigenvalue weighted by Gasteiger charge is -2.35. The molecule has 34 heavy (non-hydrogen) atoms. The number of nitrogens with two attached hydrogens (primary N) is 1. The molecule has 1 fully saturated rings. The van der Waals surface area contributed by atoms with Crippen molar-refractivity contribution in [2.45, 2.75) is 5.79 Å². The zero-order valence-electron chi connectivity index (χ0n) is 19.3. The molecule has 1 atom stereocenters. The number of esters is 1. The number of anilines is 3. The Morgan fingerprint density at radius 1 is 1.12 bits per heavy atom. The number of ether oxygens (including phenoxy) is 1. The third-order valence-electron chi connectivity index (χ3n) is 6.32. The molecule has 3 heterocycles. The molecule has 5 rings (SSSR count). The molecule has 9 nitrogen and oxygen atoms in total. The summed E-state index contributed by atoms with van der Waals surface area (Å²) in [5.74, 6) is -0.977. The van der Waals surface area contributed by atoms with Crippen LogP contribution < -0.4 is 21.3 Å². The first-order valence-electron chi connectivity index (χ1n) is 11.3. The minimum atomic E-state index is -1.15. The van der Waals surface area contributed by atoms with Gasteiger partial charge in [0.05, 0.1) is 18.4 Å². The van der Waals surface area contributed by atoms with Crippen LogP contribution in [0.2, 0.25) is 0 Å². The van der Waals surface area contributed by atoms with E-state index in [0.29, 0.717) is 17.1 Å². The van der Waals surface area contributed by atoms with Crippen LogP contribution in [0.3, 0.4) is 0 Å². The summed E-state index contributed by atoms with van der Waals surface area (Å²) in [6, 6.07) is 17.3. The van der Waals surface area contributed by atoms with Crippen LogP contribution in [0.1, 0.15) is 21.6 Å². The van der Waals surface area contributed by atoms with Gasteiger partial charge in [-0.05, 0) is 43.4 Å². The van der Waals surface area contributed by atoms with Gasteiger partial charge < -0.3 is 30.2 Å². The van der Waals surface area contributed by atoms with Crippen LogP contribution in [0.25, 0.3) is 0 Å². The van der Waals surface area contributed by atoms with Crippen molar-refractivity contribution in [1.82, 2.24) is 9.88 Å². The van der Waals surface area contributed by atoms with Gasteiger partial charge in [-0.3, -0.25) is 5.73 Å². The Morgan fingerprint density at radius 2 is 1.88 bits per heavy atom. The molecule has 2 aromatic carbocycles. The molecule has 0 aliphatic carbocycles. The first kappa shape index (κ1) is 22.0. The van der Waals surface area contributed by atoms with Crippen molar-refractivity contribution >= 4 is 28.9 Å². The number of piperazine rings is 1. The summed E-state index contributed by atoms with van der Waals surface area (Å²) in [7, 11) is 3.51. The van der Waals surface area contributed by atoms with Crippen LogP contribution in [-0.2, 0) is 10.5 Å². The average Bonchev–Trinajstić information content (AvgIpc) is 3.33. The standard InChI is InChI=1S/C25H29N7O2/c1-31-12-14-32(15-13-31)20-8-6-18(7-9-20)25(26)29-21-10-11-27-22(21)23(30-25)28-19-5-3-4-17(16-19)24(33)34-2/h3-11,16,27,29H,12-15,26H2,1-2H3,(H,28,30). The number of H-pyrrole nitrogens is 1. The second-order valence-corrected chi connectivity index (χ2v) is 8.65. The van der Waals surface area contributed by atoms with E-state index in [1.807, 2.05) is 30.5 Å². The molecule has 3 aromatic rings. The number of hydrogen-bond acceptors (Lipinski definition) is 8. The molecule has 2 aliphatic heterocycles. The monoisotopic (exact) mass is 459 g/mol. The van der Waals surface area contributed by atoms with Gasteiger partial charge in [-0.1, -0.05) is 18.2 Å². The largest absolute Gasteiger partial charge is 0.465 e. The van der Waals surface area contributed by atoms with Crippen LogP contribution in [0.15, 0.2) is 65.8 Å². The molecule has 1 unspecified atom stereocenters. The van der Waals surface area contributed by atoms with E-state index in [1.165, 1.54) is 12.8 Å². The third-order valence-corrected chi connectivity index (χ3v) is 6.32. The van der Waals surface area contributed by atoms with Crippen LogP contribution in [-0.4, -0.2) is 62.0 Å². The van der Waals surface area contributed by atoms with Crippen LogP contribution in [0.5, 0.6) is 0 Å². The van der Waals surface area contributed by atoms with Gasteiger partial charge in [0.25, 0.3) is 0 Å². The van der Waals surface area contributed by atoms with E-state index in [-0.39, 0.29) is 0 Å². The zero-order chi connectivity index (χ0) is 23.7. The minimum absolute atomic E-state index is 0.398. The number of fused-ring (bicyclic) bond motifs is 1. The molecule has 1 saturated heterocycles. The Labute approximate surface area is 198 Å². The van der Waals surface area contributed by atoms with Gasteiger partial charge in [0.1, 0.15) is 5.69 Å². The fourth-order valence-electron chi connectivity index (χ4n) is 4.33. The molecule has 0 radical (unpaired) electrons. The number of likely N-dealkylation sites (N-methyl/N-ethyl adjacent to an activating group) is 1. The number of aromatic nitrogens is 1. The summed E-state index contributed by atoms with van der Waals surface area (Å²) in [6.45, 7) is 4.12. The first-order chi connectivity index (χ1) is 16.4. The van der Waals surface area contributed by atoms with Crippen molar-refractivity contribution in [1.29, 1.82) is 0 Å². The Balaban J connectivity index is 1.43. The number of benzene rings is 2. The maximum Gasteiger partial charge on any atom is 0.337 e. The number of aromatic amines is 1. The molecule has 0 spiro atoms. The van der Waals surface area contributed by atoms with Gasteiger partial charge in [-0.25, -0.2) is 9.79 Å². The highest BCUT2D eigenvalue weighted by atomic mass is 16.5. The number of carbonyl (C=O) groups is 1. The lowest BCUT2D eigenvalue weighted by Crippen LogP contribution is -2.47. The Bertz CT molecular complexity index is 1210. The van der Waals surface area contributed by atoms with Crippen LogP contribution in [0.4, 0.5) is 17.1 Å². The predicted octanol–water partition coefficient (Wildman–Crippen LogP) is 2.61.